The second kappa shape index (κ2) is 5.71. The van der Waals surface area contributed by atoms with Crippen molar-refractivity contribution >= 4 is 11.9 Å². The van der Waals surface area contributed by atoms with Gasteiger partial charge in [0.25, 0.3) is 0 Å². The zero-order valence-electron chi connectivity index (χ0n) is 8.42. The van der Waals surface area contributed by atoms with Crippen molar-refractivity contribution in [3.05, 3.63) is 35.9 Å². The number of hydrogen-bond donors (Lipinski definition) is 1. The topological polar surface area (TPSA) is 133 Å². The van der Waals surface area contributed by atoms with Crippen LogP contribution in [0.1, 0.15) is 5.56 Å². The summed E-state index contributed by atoms with van der Waals surface area (Å²) < 4.78 is 38.9. The van der Waals surface area contributed by atoms with Crippen LogP contribution in [-0.4, -0.2) is 18.4 Å². The van der Waals surface area contributed by atoms with Crippen LogP contribution in [0.2, 0.25) is 0 Å². The molecule has 0 fully saturated rings. The van der Waals surface area contributed by atoms with Crippen LogP contribution >= 0.6 is 0 Å². The molecule has 7 nitrogen and oxygen atoms in total. The molecule has 0 amide bonds. The number of benzene rings is 1. The van der Waals surface area contributed by atoms with Gasteiger partial charge in [0, 0.05) is 0 Å². The third-order valence-corrected chi connectivity index (χ3v) is 1.65. The van der Waals surface area contributed by atoms with E-state index in [2.05, 4.69) is 4.99 Å². The molecule has 1 heterocycles. The van der Waals surface area contributed by atoms with E-state index in [0.717, 1.165) is 5.56 Å². The van der Waals surface area contributed by atoms with Crippen molar-refractivity contribution in [1.29, 1.82) is 0 Å². The average molecular weight is 262 g/mol. The van der Waals surface area contributed by atoms with E-state index in [9.17, 15) is 4.79 Å². The van der Waals surface area contributed by atoms with Crippen molar-refractivity contribution < 1.29 is 43.4 Å². The minimum absolute atomic E-state index is 0.228. The van der Waals surface area contributed by atoms with E-state index in [1.807, 2.05) is 30.3 Å². The number of ether oxygens (including phenoxy) is 1. The maximum Gasteiger partial charge on any atom is 0.381 e. The van der Waals surface area contributed by atoms with Crippen LogP contribution in [0.5, 0.6) is 0 Å². The van der Waals surface area contributed by atoms with Gasteiger partial charge >= 0.3 is 11.9 Å². The van der Waals surface area contributed by atoms with Gasteiger partial charge in [-0.3, -0.25) is 0 Å². The van der Waals surface area contributed by atoms with Crippen molar-refractivity contribution in [2.45, 2.75) is 0 Å². The van der Waals surface area contributed by atoms with Crippen LogP contribution in [0.4, 0.5) is 0 Å². The summed E-state index contributed by atoms with van der Waals surface area (Å²) in [6.45, 7) is 0.268. The summed E-state index contributed by atoms with van der Waals surface area (Å²) in [4.78, 5) is 13.6. The largest absolute Gasteiger partial charge is 0.381 e. The Labute approximate surface area is 98.3 Å². The molecule has 0 bridgehead atoms. The number of halogens is 1. The van der Waals surface area contributed by atoms with Crippen LogP contribution in [0.15, 0.2) is 30.3 Å². The van der Waals surface area contributed by atoms with Crippen molar-refractivity contribution in [3.63, 3.8) is 0 Å². The second-order valence-corrected chi connectivity index (χ2v) is 3.66. The van der Waals surface area contributed by atoms with Gasteiger partial charge in [-0.25, -0.2) is 23.4 Å². The summed E-state index contributed by atoms with van der Waals surface area (Å²) in [7, 11) is -4.94. The molecule has 8 heteroatoms. The molecule has 1 aromatic carbocycles. The van der Waals surface area contributed by atoms with E-state index in [4.69, 9.17) is 23.4 Å². The van der Waals surface area contributed by atoms with Crippen molar-refractivity contribution in [2.75, 3.05) is 6.54 Å². The lowest BCUT2D eigenvalue weighted by Crippen LogP contribution is -2.70. The van der Waals surface area contributed by atoms with Crippen molar-refractivity contribution in [1.82, 2.24) is 0 Å². The number of rotatable bonds is 1. The van der Waals surface area contributed by atoms with E-state index in [0.29, 0.717) is 5.90 Å². The molecule has 1 aromatic rings. The summed E-state index contributed by atoms with van der Waals surface area (Å²) in [5, 5.41) is 0. The highest BCUT2D eigenvalue weighted by atomic mass is 35.7. The highest BCUT2D eigenvalue weighted by Gasteiger charge is 2.24. The Balaban J connectivity index is 0.000000249. The molecule has 1 aliphatic heterocycles. The fourth-order valence-electron chi connectivity index (χ4n) is 1.09. The van der Waals surface area contributed by atoms with Gasteiger partial charge in [-0.05, 0) is 12.1 Å². The molecule has 0 saturated carbocycles. The Bertz CT molecular complexity index is 407. The number of esters is 1. The lowest BCUT2D eigenvalue weighted by atomic mass is 10.2. The molecule has 0 saturated heterocycles. The van der Waals surface area contributed by atoms with Gasteiger partial charge in [0.05, 0.1) is 5.56 Å². The zero-order valence-corrected chi connectivity index (χ0v) is 9.18. The summed E-state index contributed by atoms with van der Waals surface area (Å²) in [6.07, 6.45) is 0. The van der Waals surface area contributed by atoms with E-state index < -0.39 is 10.2 Å². The van der Waals surface area contributed by atoms with Crippen LogP contribution in [0.25, 0.3) is 0 Å². The Kier molecular flexibility index (Phi) is 4.55. The van der Waals surface area contributed by atoms with E-state index in [1.165, 1.54) is 0 Å². The normalized spacial score (nSPS) is 14.6. The molecule has 2 rings (SSSR count). The minimum atomic E-state index is -4.94. The molecule has 0 unspecified atom stereocenters. The third kappa shape index (κ3) is 5.95. The number of carbonyl (C=O) groups excluding carboxylic acids is 1. The average Bonchev–Trinajstić information content (AvgIpc) is 2.64. The Morgan fingerprint density at radius 1 is 1.12 bits per heavy atom. The Hall–Kier alpha value is -1.51. The molecule has 0 aromatic heterocycles. The minimum Gasteiger partial charge on any atom is -0.366 e. The highest BCUT2D eigenvalue weighted by molar-refractivity contribution is 5.99. The molecular formula is C9H8ClNO6. The van der Waals surface area contributed by atoms with E-state index in [1.54, 1.807) is 0 Å². The van der Waals surface area contributed by atoms with Crippen LogP contribution < -0.4 is 23.6 Å². The van der Waals surface area contributed by atoms with Gasteiger partial charge in [0.2, 0.25) is 6.54 Å². The Morgan fingerprint density at radius 3 is 2.06 bits per heavy atom. The number of nitrogens with one attached hydrogen (secondary N) is 1. The van der Waals surface area contributed by atoms with Gasteiger partial charge < -0.3 is 4.74 Å². The van der Waals surface area contributed by atoms with Gasteiger partial charge in [-0.2, -0.15) is 4.99 Å². The first kappa shape index (κ1) is 13.6. The molecule has 17 heavy (non-hydrogen) atoms. The van der Waals surface area contributed by atoms with Gasteiger partial charge in [0.1, 0.15) is 0 Å². The molecule has 0 atom stereocenters. The fourth-order valence-corrected chi connectivity index (χ4v) is 1.09. The predicted octanol–water partition coefficient (Wildman–Crippen LogP) is -5.69. The van der Waals surface area contributed by atoms with Crippen LogP contribution in [0.3, 0.4) is 0 Å². The lowest BCUT2D eigenvalue weighted by molar-refractivity contribution is -2.00. The second-order valence-electron chi connectivity index (χ2n) is 2.90. The molecular weight excluding hydrogens is 254 g/mol. The smallest absolute Gasteiger partial charge is 0.366 e. The quantitative estimate of drug-likeness (QED) is 0.501. The zero-order chi connectivity index (χ0) is 12.9. The summed E-state index contributed by atoms with van der Waals surface area (Å²) in [6, 6.07) is 9.50. The first-order chi connectivity index (χ1) is 7.86. The predicted molar refractivity (Wildman–Crippen MR) is 42.5 cm³/mol. The van der Waals surface area contributed by atoms with Crippen molar-refractivity contribution in [2.24, 2.45) is 0 Å². The molecule has 1 aliphatic rings. The summed E-state index contributed by atoms with van der Waals surface area (Å²) in [5.41, 5.74) is 0.906. The SMILES string of the molecule is O=C1C[NH+]=C(c2ccccc2)O1.[O-][Cl+3]([O-])([O-])[O-]. The molecule has 0 spiro atoms. The number of hydrogen-bond acceptors (Lipinski definition) is 6. The van der Waals surface area contributed by atoms with Crippen LogP contribution in [-0.2, 0) is 9.53 Å². The standard InChI is InChI=1S/C9H7NO2.ClHO4/c11-8-6-10-9(12-8)7-4-2-1-3-5-7;2-1(3,4)5/h1-5H,6H2;(H,2,3,4,5). The monoisotopic (exact) mass is 261 g/mol. The molecule has 1 N–H and O–H groups in total. The van der Waals surface area contributed by atoms with Crippen molar-refractivity contribution in [3.8, 4) is 0 Å². The van der Waals surface area contributed by atoms with Gasteiger partial charge in [0.15, 0.2) is 0 Å². The lowest BCUT2D eigenvalue weighted by Gasteiger charge is -2.17. The highest BCUT2D eigenvalue weighted by Crippen LogP contribution is 1.99. The fraction of sp³-hybridized carbons (Fsp3) is 0.111. The molecule has 0 radical (unpaired) electrons. The Morgan fingerprint density at radius 2 is 1.65 bits per heavy atom. The van der Waals surface area contributed by atoms with E-state index in [-0.39, 0.29) is 12.5 Å². The maximum absolute atomic E-state index is 10.7. The summed E-state index contributed by atoms with van der Waals surface area (Å²) in [5.74, 6) is 0.328. The molecule has 92 valence electrons. The number of carbonyl (C=O) groups is 1. The first-order valence-electron chi connectivity index (χ1n) is 4.35. The molecule has 0 aliphatic carbocycles. The van der Waals surface area contributed by atoms with Gasteiger partial charge in [-0.1, -0.05) is 18.2 Å². The summed E-state index contributed by atoms with van der Waals surface area (Å²) >= 11 is 0. The van der Waals surface area contributed by atoms with Gasteiger partial charge in [-0.15, -0.1) is 10.2 Å². The third-order valence-electron chi connectivity index (χ3n) is 1.65. The van der Waals surface area contributed by atoms with Crippen LogP contribution in [0, 0.1) is 10.2 Å². The first-order valence-corrected chi connectivity index (χ1v) is 5.58. The number of cyclic esters (lactones) is 1. The maximum atomic E-state index is 10.7. The van der Waals surface area contributed by atoms with E-state index >= 15 is 0 Å².